The molecule has 0 unspecified atom stereocenters. The maximum Gasteiger partial charge on any atom is 0.249 e. The van der Waals surface area contributed by atoms with E-state index < -0.39 is 6.04 Å². The Balaban J connectivity index is 1.42. The van der Waals surface area contributed by atoms with Crippen LogP contribution >= 0.6 is 11.6 Å². The SMILES string of the molecule is C[C@H](NC(=O)Cc1nc2ccc(Cl)cc2[nH]1)c1nc(-c2cccnc2)no1. The third-order valence-corrected chi connectivity index (χ3v) is 4.17. The molecule has 0 fully saturated rings. The summed E-state index contributed by atoms with van der Waals surface area (Å²) in [6.07, 6.45) is 3.41. The largest absolute Gasteiger partial charge is 0.344 e. The van der Waals surface area contributed by atoms with Crippen molar-refractivity contribution in [1.82, 2.24) is 30.4 Å². The van der Waals surface area contributed by atoms with Crippen LogP contribution in [0.4, 0.5) is 0 Å². The van der Waals surface area contributed by atoms with Gasteiger partial charge in [-0.3, -0.25) is 9.78 Å². The highest BCUT2D eigenvalue weighted by Crippen LogP contribution is 2.19. The molecule has 2 N–H and O–H groups in total. The highest BCUT2D eigenvalue weighted by atomic mass is 35.5. The number of hydrogen-bond donors (Lipinski definition) is 2. The molecule has 0 aliphatic rings. The molecule has 1 atom stereocenters. The molecule has 0 saturated heterocycles. The molecule has 0 radical (unpaired) electrons. The van der Waals surface area contributed by atoms with Gasteiger partial charge in [0.05, 0.1) is 17.5 Å². The van der Waals surface area contributed by atoms with E-state index in [9.17, 15) is 4.79 Å². The van der Waals surface area contributed by atoms with Crippen molar-refractivity contribution in [1.29, 1.82) is 0 Å². The Morgan fingerprint density at radius 1 is 1.33 bits per heavy atom. The van der Waals surface area contributed by atoms with Gasteiger partial charge in [0, 0.05) is 23.0 Å². The predicted octanol–water partition coefficient (Wildman–Crippen LogP) is 3.08. The van der Waals surface area contributed by atoms with Crippen LogP contribution in [-0.2, 0) is 11.2 Å². The zero-order valence-electron chi connectivity index (χ0n) is 14.3. The Kier molecular flexibility index (Phi) is 4.55. The van der Waals surface area contributed by atoms with E-state index in [2.05, 4.69) is 30.4 Å². The number of nitrogens with zero attached hydrogens (tertiary/aromatic N) is 4. The van der Waals surface area contributed by atoms with Crippen molar-refractivity contribution in [2.75, 3.05) is 0 Å². The van der Waals surface area contributed by atoms with Gasteiger partial charge >= 0.3 is 0 Å². The number of aromatic nitrogens is 5. The van der Waals surface area contributed by atoms with Gasteiger partial charge in [0.25, 0.3) is 0 Å². The summed E-state index contributed by atoms with van der Waals surface area (Å²) in [5, 5.41) is 7.36. The number of amides is 1. The maximum atomic E-state index is 12.3. The molecule has 27 heavy (non-hydrogen) atoms. The maximum absolute atomic E-state index is 12.3. The van der Waals surface area contributed by atoms with E-state index >= 15 is 0 Å². The molecule has 136 valence electrons. The molecule has 0 aliphatic carbocycles. The van der Waals surface area contributed by atoms with E-state index in [-0.39, 0.29) is 12.3 Å². The minimum atomic E-state index is -0.436. The topological polar surface area (TPSA) is 110 Å². The molecule has 4 rings (SSSR count). The van der Waals surface area contributed by atoms with Crippen molar-refractivity contribution in [3.63, 3.8) is 0 Å². The molecule has 8 nitrogen and oxygen atoms in total. The summed E-state index contributed by atoms with van der Waals surface area (Å²) in [4.78, 5) is 28.1. The van der Waals surface area contributed by atoms with Gasteiger partial charge in [0.1, 0.15) is 11.9 Å². The Morgan fingerprint density at radius 3 is 3.04 bits per heavy atom. The van der Waals surface area contributed by atoms with E-state index in [1.54, 1.807) is 43.6 Å². The van der Waals surface area contributed by atoms with Crippen molar-refractivity contribution >= 4 is 28.5 Å². The van der Waals surface area contributed by atoms with Gasteiger partial charge in [-0.1, -0.05) is 16.8 Å². The number of H-pyrrole nitrogens is 1. The molecule has 3 aromatic heterocycles. The summed E-state index contributed by atoms with van der Waals surface area (Å²) < 4.78 is 5.25. The quantitative estimate of drug-likeness (QED) is 0.549. The summed E-state index contributed by atoms with van der Waals surface area (Å²) >= 11 is 5.96. The van der Waals surface area contributed by atoms with Gasteiger partial charge in [-0.2, -0.15) is 4.98 Å². The number of benzene rings is 1. The molecule has 9 heteroatoms. The van der Waals surface area contributed by atoms with Gasteiger partial charge in [0.2, 0.25) is 17.6 Å². The number of aromatic amines is 1. The molecule has 0 aliphatic heterocycles. The number of carbonyl (C=O) groups excluding carboxylic acids is 1. The second-order valence-electron chi connectivity index (χ2n) is 6.01. The average molecular weight is 383 g/mol. The number of fused-ring (bicyclic) bond motifs is 1. The van der Waals surface area contributed by atoms with E-state index in [1.165, 1.54) is 0 Å². The first kappa shape index (κ1) is 17.2. The standard InChI is InChI=1S/C18H15ClN6O2/c1-10(18-24-17(25-27-18)11-3-2-6-20-9-11)21-16(26)8-15-22-13-5-4-12(19)7-14(13)23-15/h2-7,9-10H,8H2,1H3,(H,21,26)(H,22,23)/t10-/m0/s1. The molecule has 1 aromatic carbocycles. The summed E-state index contributed by atoms with van der Waals surface area (Å²) in [7, 11) is 0. The first-order valence-electron chi connectivity index (χ1n) is 8.26. The lowest BCUT2D eigenvalue weighted by molar-refractivity contribution is -0.121. The van der Waals surface area contributed by atoms with Crippen LogP contribution in [0, 0.1) is 0 Å². The summed E-state index contributed by atoms with van der Waals surface area (Å²) in [6.45, 7) is 1.77. The summed E-state index contributed by atoms with van der Waals surface area (Å²) in [5.41, 5.74) is 2.29. The Hall–Kier alpha value is -3.26. The van der Waals surface area contributed by atoms with Crippen molar-refractivity contribution in [2.24, 2.45) is 0 Å². The summed E-state index contributed by atoms with van der Waals surface area (Å²) in [6, 6.07) is 8.51. The molecular formula is C18H15ClN6O2. The van der Waals surface area contributed by atoms with E-state index in [0.717, 1.165) is 16.6 Å². The smallest absolute Gasteiger partial charge is 0.249 e. The number of halogens is 1. The molecule has 0 saturated carbocycles. The van der Waals surface area contributed by atoms with E-state index in [0.29, 0.717) is 22.6 Å². The normalized spacial score (nSPS) is 12.2. The van der Waals surface area contributed by atoms with Crippen LogP contribution in [-0.4, -0.2) is 31.0 Å². The zero-order valence-corrected chi connectivity index (χ0v) is 15.1. The van der Waals surface area contributed by atoms with Crippen LogP contribution in [0.2, 0.25) is 5.02 Å². The lowest BCUT2D eigenvalue weighted by atomic mass is 10.2. The van der Waals surface area contributed by atoms with E-state index in [4.69, 9.17) is 16.1 Å². The Morgan fingerprint density at radius 2 is 2.22 bits per heavy atom. The van der Waals surface area contributed by atoms with Crippen LogP contribution in [0.5, 0.6) is 0 Å². The number of pyridine rings is 1. The highest BCUT2D eigenvalue weighted by molar-refractivity contribution is 6.31. The number of rotatable bonds is 5. The molecule has 1 amide bonds. The monoisotopic (exact) mass is 382 g/mol. The number of carbonyl (C=O) groups is 1. The summed E-state index contributed by atoms with van der Waals surface area (Å²) in [5.74, 6) is 1.08. The van der Waals surface area contributed by atoms with Gasteiger partial charge < -0.3 is 14.8 Å². The van der Waals surface area contributed by atoms with Crippen LogP contribution in [0.15, 0.2) is 47.2 Å². The predicted molar refractivity (Wildman–Crippen MR) is 98.9 cm³/mol. The van der Waals surface area contributed by atoms with Gasteiger partial charge in [-0.25, -0.2) is 4.98 Å². The van der Waals surface area contributed by atoms with Gasteiger partial charge in [-0.05, 0) is 37.3 Å². The number of imidazole rings is 1. The van der Waals surface area contributed by atoms with Crippen LogP contribution < -0.4 is 5.32 Å². The molecular weight excluding hydrogens is 368 g/mol. The van der Waals surface area contributed by atoms with E-state index in [1.807, 2.05) is 6.07 Å². The third-order valence-electron chi connectivity index (χ3n) is 3.93. The lowest BCUT2D eigenvalue weighted by Gasteiger charge is -2.08. The van der Waals surface area contributed by atoms with Crippen molar-refractivity contribution < 1.29 is 9.32 Å². The first-order chi connectivity index (χ1) is 13.1. The molecule has 4 aromatic rings. The van der Waals surface area contributed by atoms with Crippen molar-refractivity contribution in [3.8, 4) is 11.4 Å². The second-order valence-corrected chi connectivity index (χ2v) is 6.45. The average Bonchev–Trinajstić information content (AvgIpc) is 3.28. The fraction of sp³-hybridized carbons (Fsp3) is 0.167. The zero-order chi connectivity index (χ0) is 18.8. The fourth-order valence-corrected chi connectivity index (χ4v) is 2.82. The highest BCUT2D eigenvalue weighted by Gasteiger charge is 2.18. The van der Waals surface area contributed by atoms with Gasteiger partial charge in [-0.15, -0.1) is 0 Å². The Labute approximate surface area is 159 Å². The van der Waals surface area contributed by atoms with Crippen molar-refractivity contribution in [2.45, 2.75) is 19.4 Å². The first-order valence-corrected chi connectivity index (χ1v) is 8.64. The molecule has 0 bridgehead atoms. The Bertz CT molecular complexity index is 1090. The number of nitrogens with one attached hydrogen (secondary N) is 2. The van der Waals surface area contributed by atoms with Crippen LogP contribution in [0.3, 0.4) is 0 Å². The molecule has 0 spiro atoms. The van der Waals surface area contributed by atoms with Crippen molar-refractivity contribution in [3.05, 3.63) is 59.5 Å². The third kappa shape index (κ3) is 3.80. The minimum Gasteiger partial charge on any atom is -0.344 e. The number of hydrogen-bond acceptors (Lipinski definition) is 6. The molecule has 3 heterocycles. The fourth-order valence-electron chi connectivity index (χ4n) is 2.65. The van der Waals surface area contributed by atoms with Crippen LogP contribution in [0.25, 0.3) is 22.4 Å². The lowest BCUT2D eigenvalue weighted by Crippen LogP contribution is -2.28. The van der Waals surface area contributed by atoms with Gasteiger partial charge in [0.15, 0.2) is 0 Å². The minimum absolute atomic E-state index is 0.0975. The van der Waals surface area contributed by atoms with Crippen LogP contribution in [0.1, 0.15) is 24.7 Å². The second kappa shape index (κ2) is 7.16.